The van der Waals surface area contributed by atoms with Crippen LogP contribution in [0, 0.1) is 11.8 Å². The van der Waals surface area contributed by atoms with Crippen molar-refractivity contribution < 1.29 is 29.1 Å². The quantitative estimate of drug-likeness (QED) is 0.169. The molecule has 0 saturated carbocycles. The first-order valence-corrected chi connectivity index (χ1v) is 13.1. The number of hydrogen-bond donors (Lipinski definition) is 7. The van der Waals surface area contributed by atoms with Gasteiger partial charge in [-0.05, 0) is 29.9 Å². The number of H-pyrrole nitrogens is 1. The van der Waals surface area contributed by atoms with E-state index in [4.69, 9.17) is 11.5 Å². The number of carboxylic acids is 1. The largest absolute Gasteiger partial charge is 0.480 e. The van der Waals surface area contributed by atoms with E-state index in [0.717, 1.165) is 10.9 Å². The third-order valence-corrected chi connectivity index (χ3v) is 6.84. The van der Waals surface area contributed by atoms with Gasteiger partial charge in [0.05, 0.1) is 6.04 Å². The van der Waals surface area contributed by atoms with Crippen LogP contribution < -0.4 is 27.4 Å². The Balaban J connectivity index is 2.23. The molecule has 0 saturated heterocycles. The number of hydrogen-bond acceptors (Lipinski definition) is 6. The van der Waals surface area contributed by atoms with E-state index in [2.05, 4.69) is 20.9 Å². The molecule has 1 aromatic heterocycles. The number of nitrogens with two attached hydrogens (primary N) is 2. The molecule has 214 valence electrons. The van der Waals surface area contributed by atoms with Crippen LogP contribution in [0.15, 0.2) is 30.5 Å². The molecule has 1 aromatic carbocycles. The van der Waals surface area contributed by atoms with E-state index in [1.54, 1.807) is 27.0 Å². The number of carbonyl (C=O) groups excluding carboxylic acids is 4. The standard InChI is InChI=1S/C27H40N6O6/c1-5-15(4)23(33-25(36)22(29)14(2)3)26(37)31-19(10-11-21(28)34)24(35)32-20(27(38)39)12-16-13-30-18-9-7-6-8-17(16)18/h6-9,13-15,19-20,22-23,30H,5,10-12,29H2,1-4H3,(H2,28,34)(H,31,37)(H,32,35)(H,33,36)(H,38,39). The number of fused-ring (bicyclic) bond motifs is 1. The summed E-state index contributed by atoms with van der Waals surface area (Å²) in [6.45, 7) is 7.17. The van der Waals surface area contributed by atoms with Gasteiger partial charge in [0.2, 0.25) is 23.6 Å². The monoisotopic (exact) mass is 544 g/mol. The van der Waals surface area contributed by atoms with Gasteiger partial charge >= 0.3 is 5.97 Å². The topological polar surface area (TPSA) is 209 Å². The van der Waals surface area contributed by atoms with Crippen LogP contribution in [0.5, 0.6) is 0 Å². The normalized spacial score (nSPS) is 15.1. The van der Waals surface area contributed by atoms with Crippen molar-refractivity contribution in [3.63, 3.8) is 0 Å². The molecule has 4 amide bonds. The minimum Gasteiger partial charge on any atom is -0.480 e. The highest BCUT2D eigenvalue weighted by Crippen LogP contribution is 2.19. The molecule has 9 N–H and O–H groups in total. The molecule has 0 spiro atoms. The number of para-hydroxylation sites is 1. The molecule has 5 atom stereocenters. The smallest absolute Gasteiger partial charge is 0.326 e. The predicted molar refractivity (Wildman–Crippen MR) is 146 cm³/mol. The number of rotatable bonds is 15. The van der Waals surface area contributed by atoms with Crippen LogP contribution in [0.1, 0.15) is 52.5 Å². The molecule has 0 fully saturated rings. The Bertz CT molecular complexity index is 1180. The molecule has 0 radical (unpaired) electrons. The molecule has 12 nitrogen and oxygen atoms in total. The highest BCUT2D eigenvalue weighted by Gasteiger charge is 2.33. The van der Waals surface area contributed by atoms with Crippen LogP contribution in [0.4, 0.5) is 0 Å². The van der Waals surface area contributed by atoms with Crippen molar-refractivity contribution in [3.8, 4) is 0 Å². The van der Waals surface area contributed by atoms with Crippen LogP contribution in [-0.2, 0) is 30.4 Å². The average molecular weight is 545 g/mol. The van der Waals surface area contributed by atoms with Crippen molar-refractivity contribution in [1.82, 2.24) is 20.9 Å². The van der Waals surface area contributed by atoms with E-state index in [0.29, 0.717) is 12.0 Å². The van der Waals surface area contributed by atoms with E-state index in [1.807, 2.05) is 31.2 Å². The third-order valence-electron chi connectivity index (χ3n) is 6.84. The molecule has 0 aliphatic heterocycles. The number of amides is 4. The lowest BCUT2D eigenvalue weighted by molar-refractivity contribution is -0.142. The number of nitrogens with one attached hydrogen (secondary N) is 4. The summed E-state index contributed by atoms with van der Waals surface area (Å²) in [6.07, 6.45) is 1.83. The Hall–Kier alpha value is -3.93. The molecule has 39 heavy (non-hydrogen) atoms. The van der Waals surface area contributed by atoms with Gasteiger partial charge in [-0.3, -0.25) is 19.2 Å². The van der Waals surface area contributed by atoms with Crippen LogP contribution >= 0.6 is 0 Å². The molecule has 0 bridgehead atoms. The summed E-state index contributed by atoms with van der Waals surface area (Å²) < 4.78 is 0. The SMILES string of the molecule is CCC(C)C(NC(=O)C(N)C(C)C)C(=O)NC(CCC(N)=O)C(=O)NC(Cc1c[nH]c2ccccc12)C(=O)O. The number of aliphatic carboxylic acids is 1. The van der Waals surface area contributed by atoms with Gasteiger partial charge in [-0.1, -0.05) is 52.3 Å². The Kier molecular flexibility index (Phi) is 11.5. The van der Waals surface area contributed by atoms with Gasteiger partial charge in [-0.2, -0.15) is 0 Å². The van der Waals surface area contributed by atoms with Crippen molar-refractivity contribution >= 4 is 40.5 Å². The second kappa shape index (κ2) is 14.3. The van der Waals surface area contributed by atoms with Crippen molar-refractivity contribution in [2.24, 2.45) is 23.3 Å². The van der Waals surface area contributed by atoms with Gasteiger partial charge in [0.15, 0.2) is 0 Å². The summed E-state index contributed by atoms with van der Waals surface area (Å²) in [6, 6.07) is 2.95. The highest BCUT2D eigenvalue weighted by atomic mass is 16.4. The van der Waals surface area contributed by atoms with Crippen molar-refractivity contribution in [2.45, 2.75) is 77.5 Å². The second-order valence-corrected chi connectivity index (χ2v) is 10.2. The maximum Gasteiger partial charge on any atom is 0.326 e. The number of carbonyl (C=O) groups is 5. The van der Waals surface area contributed by atoms with E-state index >= 15 is 0 Å². The molecule has 0 aliphatic carbocycles. The Morgan fingerprint density at radius 2 is 1.59 bits per heavy atom. The number of carboxylic acid groups (broad SMARTS) is 1. The number of primary amides is 1. The first kappa shape index (κ1) is 31.3. The number of aromatic amines is 1. The molecule has 2 aromatic rings. The molecule has 2 rings (SSSR count). The number of benzene rings is 1. The predicted octanol–water partition coefficient (Wildman–Crippen LogP) is 0.544. The molecule has 12 heteroatoms. The van der Waals surface area contributed by atoms with E-state index in [-0.39, 0.29) is 31.1 Å². The number of aromatic nitrogens is 1. The van der Waals surface area contributed by atoms with Gasteiger partial charge in [0.25, 0.3) is 0 Å². The van der Waals surface area contributed by atoms with Gasteiger partial charge in [0.1, 0.15) is 18.1 Å². The van der Waals surface area contributed by atoms with Gasteiger partial charge in [-0.25, -0.2) is 4.79 Å². The maximum atomic E-state index is 13.3. The maximum absolute atomic E-state index is 13.3. The summed E-state index contributed by atoms with van der Waals surface area (Å²) in [4.78, 5) is 65.7. The minimum absolute atomic E-state index is 0.0137. The van der Waals surface area contributed by atoms with Crippen molar-refractivity contribution in [3.05, 3.63) is 36.0 Å². The first-order chi connectivity index (χ1) is 18.3. The zero-order valence-corrected chi connectivity index (χ0v) is 22.8. The average Bonchev–Trinajstić information content (AvgIpc) is 3.30. The Morgan fingerprint density at radius 3 is 2.18 bits per heavy atom. The minimum atomic E-state index is -1.31. The van der Waals surface area contributed by atoms with Gasteiger partial charge in [-0.15, -0.1) is 0 Å². The van der Waals surface area contributed by atoms with E-state index in [9.17, 15) is 29.1 Å². The van der Waals surface area contributed by atoms with Crippen LogP contribution in [0.2, 0.25) is 0 Å². The lowest BCUT2D eigenvalue weighted by atomic mass is 9.96. The lowest BCUT2D eigenvalue weighted by Crippen LogP contribution is -2.59. The molecule has 0 aliphatic rings. The summed E-state index contributed by atoms with van der Waals surface area (Å²) in [5, 5.41) is 18.4. The Morgan fingerprint density at radius 1 is 0.949 bits per heavy atom. The van der Waals surface area contributed by atoms with Crippen LogP contribution in [0.3, 0.4) is 0 Å². The van der Waals surface area contributed by atoms with E-state index in [1.165, 1.54) is 0 Å². The highest BCUT2D eigenvalue weighted by molar-refractivity contribution is 5.94. The summed E-state index contributed by atoms with van der Waals surface area (Å²) >= 11 is 0. The van der Waals surface area contributed by atoms with Gasteiger partial charge < -0.3 is 37.5 Å². The van der Waals surface area contributed by atoms with Crippen LogP contribution in [0.25, 0.3) is 10.9 Å². The third kappa shape index (κ3) is 8.81. The zero-order valence-electron chi connectivity index (χ0n) is 22.8. The van der Waals surface area contributed by atoms with Crippen LogP contribution in [-0.4, -0.2) is 63.9 Å². The Labute approximate surface area is 227 Å². The van der Waals surface area contributed by atoms with Crippen molar-refractivity contribution in [1.29, 1.82) is 0 Å². The first-order valence-electron chi connectivity index (χ1n) is 13.1. The summed E-state index contributed by atoms with van der Waals surface area (Å²) in [5.41, 5.74) is 12.7. The fourth-order valence-corrected chi connectivity index (χ4v) is 4.06. The second-order valence-electron chi connectivity index (χ2n) is 10.2. The molecule has 5 unspecified atom stereocenters. The summed E-state index contributed by atoms with van der Waals surface area (Å²) in [5.74, 6) is -4.36. The summed E-state index contributed by atoms with van der Waals surface area (Å²) in [7, 11) is 0. The molecular formula is C27H40N6O6. The zero-order chi connectivity index (χ0) is 29.3. The lowest BCUT2D eigenvalue weighted by Gasteiger charge is -2.28. The van der Waals surface area contributed by atoms with Gasteiger partial charge in [0, 0.05) is 29.9 Å². The van der Waals surface area contributed by atoms with Crippen molar-refractivity contribution in [2.75, 3.05) is 0 Å². The van der Waals surface area contributed by atoms with E-state index < -0.39 is 53.8 Å². The molecular weight excluding hydrogens is 504 g/mol. The molecule has 1 heterocycles. The fraction of sp³-hybridized carbons (Fsp3) is 0.519. The fourth-order valence-electron chi connectivity index (χ4n) is 4.06.